The van der Waals surface area contributed by atoms with E-state index in [1.165, 1.54) is 0 Å². The first-order valence-corrected chi connectivity index (χ1v) is 6.74. The van der Waals surface area contributed by atoms with Gasteiger partial charge in [0.15, 0.2) is 0 Å². The Morgan fingerprint density at radius 1 is 0.944 bits per heavy atom. The molecule has 0 amide bonds. The second-order valence-corrected chi connectivity index (χ2v) is 4.46. The molecule has 0 aromatic rings. The summed E-state index contributed by atoms with van der Waals surface area (Å²) in [4.78, 5) is 13.3. The van der Waals surface area contributed by atoms with Crippen molar-refractivity contribution < 1.29 is 9.90 Å². The molecule has 0 rings (SSSR count). The maximum atomic E-state index is 11.3. The van der Waals surface area contributed by atoms with Gasteiger partial charge in [0.25, 0.3) is 0 Å². The van der Waals surface area contributed by atoms with E-state index in [9.17, 15) is 9.90 Å². The van der Waals surface area contributed by atoms with Crippen molar-refractivity contribution in [1.29, 1.82) is 0 Å². The molecule has 1 atom stereocenters. The molecular weight excluding hydrogens is 232 g/mol. The monoisotopic (exact) mass is 260 g/mol. The number of carboxylic acid groups (broad SMARTS) is 1. The van der Waals surface area contributed by atoms with Gasteiger partial charge in [-0.3, -0.25) is 9.69 Å². The standard InChI is InChI=1S/C12H28N4O2/c13-6-2-1-5-11(12(17)18)16(9-3-7-14)10-4-8-15/h11H,1-10,13-15H2,(H,17,18)/t11-/m0/s1. The molecule has 0 aromatic heterocycles. The molecule has 6 heteroatoms. The zero-order valence-electron chi connectivity index (χ0n) is 11.2. The van der Waals surface area contributed by atoms with Crippen LogP contribution >= 0.6 is 0 Å². The van der Waals surface area contributed by atoms with E-state index in [1.54, 1.807) is 0 Å². The summed E-state index contributed by atoms with van der Waals surface area (Å²) < 4.78 is 0. The minimum atomic E-state index is -0.763. The highest BCUT2D eigenvalue weighted by atomic mass is 16.4. The van der Waals surface area contributed by atoms with Gasteiger partial charge in [-0.1, -0.05) is 6.42 Å². The van der Waals surface area contributed by atoms with Crippen molar-refractivity contribution in [1.82, 2.24) is 4.90 Å². The van der Waals surface area contributed by atoms with Crippen LogP contribution in [0.4, 0.5) is 0 Å². The molecule has 7 N–H and O–H groups in total. The first-order chi connectivity index (χ1) is 8.67. The summed E-state index contributed by atoms with van der Waals surface area (Å²) in [7, 11) is 0. The van der Waals surface area contributed by atoms with Crippen molar-refractivity contribution in [2.24, 2.45) is 17.2 Å². The van der Waals surface area contributed by atoms with Gasteiger partial charge in [-0.05, 0) is 45.3 Å². The lowest BCUT2D eigenvalue weighted by molar-refractivity contribution is -0.143. The van der Waals surface area contributed by atoms with E-state index >= 15 is 0 Å². The predicted octanol–water partition coefficient (Wildman–Crippen LogP) is -0.432. The topological polar surface area (TPSA) is 119 Å². The van der Waals surface area contributed by atoms with E-state index in [0.29, 0.717) is 26.1 Å². The van der Waals surface area contributed by atoms with Crippen molar-refractivity contribution in [2.75, 3.05) is 32.7 Å². The number of carboxylic acids is 1. The number of aliphatic carboxylic acids is 1. The van der Waals surface area contributed by atoms with Gasteiger partial charge in [-0.25, -0.2) is 0 Å². The smallest absolute Gasteiger partial charge is 0.320 e. The second kappa shape index (κ2) is 11.4. The zero-order chi connectivity index (χ0) is 13.8. The maximum Gasteiger partial charge on any atom is 0.320 e. The Balaban J connectivity index is 4.36. The first kappa shape index (κ1) is 17.3. The van der Waals surface area contributed by atoms with E-state index in [4.69, 9.17) is 17.2 Å². The van der Waals surface area contributed by atoms with E-state index in [2.05, 4.69) is 0 Å². The second-order valence-electron chi connectivity index (χ2n) is 4.46. The third-order valence-corrected chi connectivity index (χ3v) is 2.96. The number of nitrogens with two attached hydrogens (primary N) is 3. The third kappa shape index (κ3) is 7.60. The molecule has 0 fully saturated rings. The van der Waals surface area contributed by atoms with Gasteiger partial charge in [-0.15, -0.1) is 0 Å². The SMILES string of the molecule is NCCCC[C@@H](C(=O)O)N(CCCN)CCCN. The fraction of sp³-hybridized carbons (Fsp3) is 0.917. The van der Waals surface area contributed by atoms with Crippen LogP contribution in [0.15, 0.2) is 0 Å². The van der Waals surface area contributed by atoms with Gasteiger partial charge in [0.05, 0.1) is 0 Å². The number of unbranched alkanes of at least 4 members (excludes halogenated alkanes) is 1. The molecule has 0 saturated heterocycles. The number of rotatable bonds is 12. The average molecular weight is 260 g/mol. The van der Waals surface area contributed by atoms with Crippen LogP contribution in [0.1, 0.15) is 32.1 Å². The Bertz CT molecular complexity index is 206. The fourth-order valence-electron chi connectivity index (χ4n) is 1.96. The van der Waals surface area contributed by atoms with Crippen molar-refractivity contribution in [3.63, 3.8) is 0 Å². The van der Waals surface area contributed by atoms with Gasteiger partial charge >= 0.3 is 5.97 Å². The van der Waals surface area contributed by atoms with Crippen LogP contribution in [0.25, 0.3) is 0 Å². The lowest BCUT2D eigenvalue weighted by Crippen LogP contribution is -2.43. The number of hydrogen-bond donors (Lipinski definition) is 4. The average Bonchev–Trinajstić information content (AvgIpc) is 2.35. The normalized spacial score (nSPS) is 12.9. The molecule has 0 unspecified atom stereocenters. The van der Waals surface area contributed by atoms with E-state index < -0.39 is 12.0 Å². The Labute approximate surface area is 109 Å². The van der Waals surface area contributed by atoms with Crippen molar-refractivity contribution in [3.8, 4) is 0 Å². The van der Waals surface area contributed by atoms with Crippen LogP contribution in [0, 0.1) is 0 Å². The van der Waals surface area contributed by atoms with Gasteiger partial charge < -0.3 is 22.3 Å². The molecule has 0 aliphatic heterocycles. The molecule has 108 valence electrons. The molecule has 0 heterocycles. The highest BCUT2D eigenvalue weighted by Crippen LogP contribution is 2.10. The lowest BCUT2D eigenvalue weighted by atomic mass is 10.1. The lowest BCUT2D eigenvalue weighted by Gasteiger charge is -2.28. The Kier molecular flexibility index (Phi) is 11.0. The van der Waals surface area contributed by atoms with Crippen LogP contribution in [-0.4, -0.2) is 54.7 Å². The third-order valence-electron chi connectivity index (χ3n) is 2.96. The van der Waals surface area contributed by atoms with Crippen molar-refractivity contribution in [2.45, 2.75) is 38.1 Å². The number of hydrogen-bond acceptors (Lipinski definition) is 5. The minimum Gasteiger partial charge on any atom is -0.480 e. The van der Waals surface area contributed by atoms with E-state index in [0.717, 1.165) is 38.8 Å². The van der Waals surface area contributed by atoms with Crippen LogP contribution in [0.5, 0.6) is 0 Å². The first-order valence-electron chi connectivity index (χ1n) is 6.74. The summed E-state index contributed by atoms with van der Waals surface area (Å²) in [5, 5.41) is 9.31. The Morgan fingerprint density at radius 2 is 1.44 bits per heavy atom. The number of nitrogens with zero attached hydrogens (tertiary/aromatic N) is 1. The predicted molar refractivity (Wildman–Crippen MR) is 73.2 cm³/mol. The molecule has 0 aromatic carbocycles. The summed E-state index contributed by atoms with van der Waals surface area (Å²) in [6.07, 6.45) is 3.97. The van der Waals surface area contributed by atoms with Gasteiger partial charge in [0, 0.05) is 13.1 Å². The Hall–Kier alpha value is -0.690. The summed E-state index contributed by atoms with van der Waals surface area (Å²) >= 11 is 0. The summed E-state index contributed by atoms with van der Waals surface area (Å²) in [5.41, 5.74) is 16.4. The molecule has 0 aliphatic rings. The number of carbonyl (C=O) groups is 1. The van der Waals surface area contributed by atoms with E-state index in [-0.39, 0.29) is 0 Å². The van der Waals surface area contributed by atoms with Crippen molar-refractivity contribution in [3.05, 3.63) is 0 Å². The molecule has 18 heavy (non-hydrogen) atoms. The van der Waals surface area contributed by atoms with Gasteiger partial charge in [-0.2, -0.15) is 0 Å². The van der Waals surface area contributed by atoms with Crippen molar-refractivity contribution >= 4 is 5.97 Å². The van der Waals surface area contributed by atoms with E-state index in [1.807, 2.05) is 4.90 Å². The molecule has 0 radical (unpaired) electrons. The molecule has 0 bridgehead atoms. The molecular formula is C12H28N4O2. The Morgan fingerprint density at radius 3 is 1.83 bits per heavy atom. The fourth-order valence-corrected chi connectivity index (χ4v) is 1.96. The van der Waals surface area contributed by atoms with Gasteiger partial charge in [0.1, 0.15) is 6.04 Å². The summed E-state index contributed by atoms with van der Waals surface area (Å²) in [6, 6.07) is -0.436. The van der Waals surface area contributed by atoms with Crippen LogP contribution in [0.3, 0.4) is 0 Å². The maximum absolute atomic E-state index is 11.3. The highest BCUT2D eigenvalue weighted by molar-refractivity contribution is 5.73. The molecule has 6 nitrogen and oxygen atoms in total. The van der Waals surface area contributed by atoms with Crippen LogP contribution in [-0.2, 0) is 4.79 Å². The minimum absolute atomic E-state index is 0.436. The zero-order valence-corrected chi connectivity index (χ0v) is 11.2. The summed E-state index contributed by atoms with van der Waals surface area (Å²) in [5.74, 6) is -0.763. The molecule has 0 aliphatic carbocycles. The largest absolute Gasteiger partial charge is 0.480 e. The van der Waals surface area contributed by atoms with Gasteiger partial charge in [0.2, 0.25) is 0 Å². The quantitative estimate of drug-likeness (QED) is 0.354. The molecule has 0 saturated carbocycles. The van der Waals surface area contributed by atoms with Crippen LogP contribution in [0.2, 0.25) is 0 Å². The summed E-state index contributed by atoms with van der Waals surface area (Å²) in [6.45, 7) is 3.20. The molecule has 0 spiro atoms. The highest BCUT2D eigenvalue weighted by Gasteiger charge is 2.24. The van der Waals surface area contributed by atoms with Crippen LogP contribution < -0.4 is 17.2 Å².